The first-order valence-electron chi connectivity index (χ1n) is 6.68. The van der Waals surface area contributed by atoms with Crippen LogP contribution in [0.15, 0.2) is 46.9 Å². The van der Waals surface area contributed by atoms with Gasteiger partial charge in [-0.2, -0.15) is 0 Å². The van der Waals surface area contributed by atoms with Crippen molar-refractivity contribution in [2.24, 2.45) is 5.73 Å². The van der Waals surface area contributed by atoms with Crippen molar-refractivity contribution in [3.8, 4) is 5.75 Å². The predicted molar refractivity (Wildman–Crippen MR) is 79.9 cm³/mol. The highest BCUT2D eigenvalue weighted by Gasteiger charge is 2.18. The average molecular weight is 285 g/mol. The Labute approximate surface area is 122 Å². The molecule has 21 heavy (non-hydrogen) atoms. The number of methoxy groups -OCH3 is 1. The number of benzene rings is 2. The highest BCUT2D eigenvalue weighted by Crippen LogP contribution is 2.30. The third-order valence-corrected chi connectivity index (χ3v) is 3.61. The first-order chi connectivity index (χ1) is 10.1. The van der Waals surface area contributed by atoms with E-state index in [1.54, 1.807) is 12.1 Å². The van der Waals surface area contributed by atoms with E-state index in [-0.39, 0.29) is 0 Å². The van der Waals surface area contributed by atoms with Gasteiger partial charge in [-0.25, -0.2) is 4.39 Å². The number of aryl methyl sites for hydroxylation is 1. The van der Waals surface area contributed by atoms with Crippen molar-refractivity contribution in [2.75, 3.05) is 7.11 Å². The van der Waals surface area contributed by atoms with E-state index in [0.29, 0.717) is 17.1 Å². The van der Waals surface area contributed by atoms with Gasteiger partial charge in [-0.15, -0.1) is 0 Å². The van der Waals surface area contributed by atoms with Gasteiger partial charge in [0.2, 0.25) is 0 Å². The summed E-state index contributed by atoms with van der Waals surface area (Å²) in [7, 11) is 1.50. The normalized spacial score (nSPS) is 12.6. The molecule has 108 valence electrons. The van der Waals surface area contributed by atoms with Crippen LogP contribution in [0.3, 0.4) is 0 Å². The van der Waals surface area contributed by atoms with Crippen molar-refractivity contribution in [3.63, 3.8) is 0 Å². The van der Waals surface area contributed by atoms with E-state index in [2.05, 4.69) is 0 Å². The van der Waals surface area contributed by atoms with Crippen LogP contribution in [0.2, 0.25) is 0 Å². The monoisotopic (exact) mass is 285 g/mol. The molecule has 0 bridgehead atoms. The molecule has 1 heterocycles. The second kappa shape index (κ2) is 5.22. The standard InChI is InChI=1S/C17H16FNO2/c1-10-4-3-5-11-8-15(21-17(10)11)16(19)13-7-6-12(20-2)9-14(13)18/h3-9,16H,19H2,1-2H3. The van der Waals surface area contributed by atoms with Crippen LogP contribution in [0.1, 0.15) is 22.9 Å². The van der Waals surface area contributed by atoms with Crippen LogP contribution in [0.25, 0.3) is 11.0 Å². The van der Waals surface area contributed by atoms with Crippen LogP contribution < -0.4 is 10.5 Å². The molecule has 2 N–H and O–H groups in total. The minimum absolute atomic E-state index is 0.382. The molecule has 1 unspecified atom stereocenters. The van der Waals surface area contributed by atoms with Crippen molar-refractivity contribution in [3.05, 3.63) is 65.2 Å². The Morgan fingerprint density at radius 3 is 2.67 bits per heavy atom. The van der Waals surface area contributed by atoms with Gasteiger partial charge in [0.25, 0.3) is 0 Å². The fourth-order valence-electron chi connectivity index (χ4n) is 2.42. The number of hydrogen-bond acceptors (Lipinski definition) is 3. The minimum Gasteiger partial charge on any atom is -0.497 e. The van der Waals surface area contributed by atoms with Gasteiger partial charge in [0, 0.05) is 17.0 Å². The molecule has 0 aliphatic rings. The molecule has 2 aromatic carbocycles. The Morgan fingerprint density at radius 1 is 1.19 bits per heavy atom. The van der Waals surface area contributed by atoms with Crippen molar-refractivity contribution in [2.45, 2.75) is 13.0 Å². The maximum Gasteiger partial charge on any atom is 0.137 e. The van der Waals surface area contributed by atoms with Crippen LogP contribution in [0, 0.1) is 12.7 Å². The fraction of sp³-hybridized carbons (Fsp3) is 0.176. The summed E-state index contributed by atoms with van der Waals surface area (Å²) in [6.07, 6.45) is 0. The van der Waals surface area contributed by atoms with E-state index in [0.717, 1.165) is 16.5 Å². The van der Waals surface area contributed by atoms with Gasteiger partial charge in [-0.3, -0.25) is 0 Å². The third-order valence-electron chi connectivity index (χ3n) is 3.61. The smallest absolute Gasteiger partial charge is 0.137 e. The number of nitrogens with two attached hydrogens (primary N) is 1. The Balaban J connectivity index is 2.04. The number of para-hydroxylation sites is 1. The average Bonchev–Trinajstić information content (AvgIpc) is 2.92. The maximum absolute atomic E-state index is 14.1. The number of hydrogen-bond donors (Lipinski definition) is 1. The van der Waals surface area contributed by atoms with Crippen LogP contribution in [-0.4, -0.2) is 7.11 Å². The zero-order chi connectivity index (χ0) is 15.0. The predicted octanol–water partition coefficient (Wildman–Crippen LogP) is 3.94. The summed E-state index contributed by atoms with van der Waals surface area (Å²) in [6, 6.07) is 11.7. The quantitative estimate of drug-likeness (QED) is 0.793. The van der Waals surface area contributed by atoms with Gasteiger partial charge in [0.1, 0.15) is 22.9 Å². The molecule has 0 saturated carbocycles. The number of fused-ring (bicyclic) bond motifs is 1. The highest BCUT2D eigenvalue weighted by molar-refractivity contribution is 5.81. The fourth-order valence-corrected chi connectivity index (χ4v) is 2.42. The number of rotatable bonds is 3. The highest BCUT2D eigenvalue weighted by atomic mass is 19.1. The summed E-state index contributed by atoms with van der Waals surface area (Å²) in [4.78, 5) is 0. The Hall–Kier alpha value is -2.33. The number of halogens is 1. The largest absolute Gasteiger partial charge is 0.497 e. The molecule has 0 aliphatic carbocycles. The Kier molecular flexibility index (Phi) is 3.39. The molecular formula is C17H16FNO2. The summed E-state index contributed by atoms with van der Waals surface area (Å²) >= 11 is 0. The lowest BCUT2D eigenvalue weighted by atomic mass is 10.0. The molecule has 1 atom stereocenters. The molecule has 0 saturated heterocycles. The number of ether oxygens (including phenoxy) is 1. The lowest BCUT2D eigenvalue weighted by Gasteiger charge is -2.11. The second-order valence-electron chi connectivity index (χ2n) is 5.01. The summed E-state index contributed by atoms with van der Waals surface area (Å²) in [5, 5.41) is 0.967. The van der Waals surface area contributed by atoms with E-state index < -0.39 is 11.9 Å². The van der Waals surface area contributed by atoms with Crippen LogP contribution in [-0.2, 0) is 0 Å². The molecule has 0 spiro atoms. The summed E-state index contributed by atoms with van der Waals surface area (Å²) in [5.41, 5.74) is 8.35. The third kappa shape index (κ3) is 2.38. The van der Waals surface area contributed by atoms with Crippen molar-refractivity contribution in [1.29, 1.82) is 0 Å². The molecule has 0 aliphatic heterocycles. The zero-order valence-electron chi connectivity index (χ0n) is 11.9. The summed E-state index contributed by atoms with van der Waals surface area (Å²) in [6.45, 7) is 1.97. The molecule has 3 rings (SSSR count). The second-order valence-corrected chi connectivity index (χ2v) is 5.01. The van der Waals surface area contributed by atoms with Crippen molar-refractivity contribution >= 4 is 11.0 Å². The summed E-state index contributed by atoms with van der Waals surface area (Å²) in [5.74, 6) is 0.603. The van der Waals surface area contributed by atoms with Crippen molar-refractivity contribution < 1.29 is 13.5 Å². The van der Waals surface area contributed by atoms with Crippen molar-refractivity contribution in [1.82, 2.24) is 0 Å². The van der Waals surface area contributed by atoms with Gasteiger partial charge in [-0.1, -0.05) is 24.3 Å². The van der Waals surface area contributed by atoms with Gasteiger partial charge < -0.3 is 14.9 Å². The van der Waals surface area contributed by atoms with E-state index in [1.165, 1.54) is 13.2 Å². The molecular weight excluding hydrogens is 269 g/mol. The van der Waals surface area contributed by atoms with Crippen LogP contribution in [0.5, 0.6) is 5.75 Å². The number of furan rings is 1. The topological polar surface area (TPSA) is 48.4 Å². The molecule has 0 fully saturated rings. The van der Waals surface area contributed by atoms with Gasteiger partial charge in [0.05, 0.1) is 13.2 Å². The molecule has 3 nitrogen and oxygen atoms in total. The molecule has 1 aromatic heterocycles. The zero-order valence-corrected chi connectivity index (χ0v) is 11.9. The van der Waals surface area contributed by atoms with E-state index in [1.807, 2.05) is 31.2 Å². The first kappa shape index (κ1) is 13.6. The van der Waals surface area contributed by atoms with E-state index >= 15 is 0 Å². The Morgan fingerprint density at radius 2 is 2.00 bits per heavy atom. The van der Waals surface area contributed by atoms with E-state index in [9.17, 15) is 4.39 Å². The van der Waals surface area contributed by atoms with Gasteiger partial charge >= 0.3 is 0 Å². The lowest BCUT2D eigenvalue weighted by Crippen LogP contribution is -2.12. The Bertz CT molecular complexity index is 795. The van der Waals surface area contributed by atoms with Crippen LogP contribution >= 0.6 is 0 Å². The van der Waals surface area contributed by atoms with E-state index in [4.69, 9.17) is 14.9 Å². The minimum atomic E-state index is -0.650. The molecule has 3 aromatic rings. The molecule has 0 amide bonds. The first-order valence-corrected chi connectivity index (χ1v) is 6.68. The SMILES string of the molecule is COc1ccc(C(N)c2cc3cccc(C)c3o2)c(F)c1. The molecule has 4 heteroatoms. The van der Waals surface area contributed by atoms with Crippen LogP contribution in [0.4, 0.5) is 4.39 Å². The van der Waals surface area contributed by atoms with Gasteiger partial charge in [0.15, 0.2) is 0 Å². The summed E-state index contributed by atoms with van der Waals surface area (Å²) < 4.78 is 24.9. The van der Waals surface area contributed by atoms with Gasteiger partial charge in [-0.05, 0) is 24.6 Å². The maximum atomic E-state index is 14.1. The molecule has 0 radical (unpaired) electrons. The lowest BCUT2D eigenvalue weighted by molar-refractivity contribution is 0.410.